The van der Waals surface area contributed by atoms with Gasteiger partial charge in [-0.3, -0.25) is 0 Å². The number of hydrogen-bond acceptors (Lipinski definition) is 1. The maximum Gasteiger partial charge on any atom is 0.136 e. The van der Waals surface area contributed by atoms with Gasteiger partial charge in [0.15, 0.2) is 0 Å². The predicted octanol–water partition coefficient (Wildman–Crippen LogP) is 14.4. The summed E-state index contributed by atoms with van der Waals surface area (Å²) in [5.74, 6) is 0. The van der Waals surface area contributed by atoms with Crippen LogP contribution in [0.2, 0.25) is 0 Å². The van der Waals surface area contributed by atoms with Crippen molar-refractivity contribution < 1.29 is 45.5 Å². The van der Waals surface area contributed by atoms with Crippen LogP contribution in [0.4, 0.5) is 0 Å². The fourth-order valence-electron chi connectivity index (χ4n) is 6.45. The third-order valence-electron chi connectivity index (χ3n) is 8.57. The van der Waals surface area contributed by atoms with Crippen molar-refractivity contribution in [1.29, 1.82) is 0 Å². The Hall–Kier alpha value is -6.70. The highest BCUT2D eigenvalue weighted by atomic mass is 16.3. The molecule has 0 radical (unpaired) electrons. The van der Waals surface area contributed by atoms with Gasteiger partial charge >= 0.3 is 0 Å². The molecule has 10 aromatic carbocycles. The molecule has 0 N–H and O–H groups in total. The summed E-state index contributed by atoms with van der Waals surface area (Å²) in [6, 6.07) is -28.6. The van der Waals surface area contributed by atoms with E-state index in [0.717, 1.165) is 0 Å². The van der Waals surface area contributed by atoms with Gasteiger partial charge in [0, 0.05) is 10.8 Å². The minimum atomic E-state index is -1.15. The van der Waals surface area contributed by atoms with Crippen molar-refractivity contribution in [2.24, 2.45) is 0 Å². The molecule has 0 saturated heterocycles. The van der Waals surface area contributed by atoms with Crippen LogP contribution in [0.5, 0.6) is 0 Å². The smallest absolute Gasteiger partial charge is 0.136 e. The van der Waals surface area contributed by atoms with E-state index in [2.05, 4.69) is 0 Å². The monoisotopic (exact) mass is 676 g/mol. The second-order valence-electron chi connectivity index (χ2n) is 11.3. The predicted molar refractivity (Wildman–Crippen MR) is 218 cm³/mol. The molecular formula is C50H30O. The lowest BCUT2D eigenvalue weighted by atomic mass is 9.83. The highest BCUT2D eigenvalue weighted by Crippen LogP contribution is 2.48. The highest BCUT2D eigenvalue weighted by molar-refractivity contribution is 6.25. The number of furan rings is 1. The molecule has 0 aliphatic heterocycles. The van der Waals surface area contributed by atoms with Crippen molar-refractivity contribution in [3.63, 3.8) is 0 Å². The van der Waals surface area contributed by atoms with E-state index >= 15 is 0 Å². The van der Waals surface area contributed by atoms with E-state index < -0.39 is 290 Å². The Kier molecular flexibility index (Phi) is 2.50. The van der Waals surface area contributed by atoms with Crippen molar-refractivity contribution >= 4 is 75.8 Å². The SMILES string of the molecule is [2H]c1c([2H])c(-c2c([2H])c([2H])c(-c3c4c([2H])c([2H])c([2H])c([2H])c4c(-c4c([2H])c([2H])c5c([2H])c([2H])c([2H])c([2H])c5c4[2H])c4c([2H])c([2H])c([2H])c([2H])c34)c3c([2H])c([2H])c([2H])c([2H])c23)c2c(oc3c([2H])c4c([2H])c([2H])c([2H])c([2H])c4c([2H])c32)c1[2H]. The number of benzene rings is 10. The van der Waals surface area contributed by atoms with E-state index in [1.807, 2.05) is 0 Å². The fraction of sp³-hybridized carbons (Fsp3) is 0. The lowest BCUT2D eigenvalue weighted by Gasteiger charge is -2.20. The Bertz CT molecular complexity index is 4850. The van der Waals surface area contributed by atoms with Gasteiger partial charge in [-0.15, -0.1) is 0 Å². The van der Waals surface area contributed by atoms with Crippen molar-refractivity contribution in [2.75, 3.05) is 0 Å². The first-order chi connectivity index (χ1) is 37.8. The molecule has 0 saturated carbocycles. The number of fused-ring (bicyclic) bond motifs is 8. The Morgan fingerprint density at radius 2 is 0.843 bits per heavy atom. The zero-order valence-corrected chi connectivity index (χ0v) is 25.4. The summed E-state index contributed by atoms with van der Waals surface area (Å²) in [6.45, 7) is 0. The summed E-state index contributed by atoms with van der Waals surface area (Å²) < 4.78 is 280. The average Bonchev–Trinajstić information content (AvgIpc) is 3.48. The molecule has 0 spiro atoms. The third kappa shape index (κ3) is 4.22. The number of rotatable bonds is 3. The van der Waals surface area contributed by atoms with Gasteiger partial charge < -0.3 is 4.42 Å². The summed E-state index contributed by atoms with van der Waals surface area (Å²) in [7, 11) is 0. The summed E-state index contributed by atoms with van der Waals surface area (Å²) in [5, 5.41) is -8.17. The van der Waals surface area contributed by atoms with Gasteiger partial charge in [-0.2, -0.15) is 0 Å². The van der Waals surface area contributed by atoms with Crippen molar-refractivity contribution in [1.82, 2.24) is 0 Å². The van der Waals surface area contributed by atoms with E-state index in [-0.39, 0.29) is 0 Å². The van der Waals surface area contributed by atoms with E-state index in [1.165, 1.54) is 0 Å². The van der Waals surface area contributed by atoms with Gasteiger partial charge in [-0.05, 0) is 111 Å². The van der Waals surface area contributed by atoms with E-state index in [9.17, 15) is 17.8 Å². The van der Waals surface area contributed by atoms with Crippen LogP contribution in [0.25, 0.3) is 109 Å². The third-order valence-corrected chi connectivity index (χ3v) is 8.57. The lowest BCUT2D eigenvalue weighted by molar-refractivity contribution is 0.669. The van der Waals surface area contributed by atoms with Crippen LogP contribution in [-0.4, -0.2) is 0 Å². The molecule has 1 heteroatoms. The molecule has 1 heterocycles. The standard InChI is InChI=1S/C50H30O/c1-2-13-32-28-35(25-24-31(32)12-1)48-40-18-7-9-20-42(40)49(43-21-10-8-19-41(43)48)44-27-26-38(36-16-5-6-17-37(36)44)39-22-11-23-46-50(39)45-29-33-14-3-4-15-34(33)30-47(45)51-46/h1-30H/i1D,2D,3D,4D,5D,6D,7D,8D,9D,10D,11D,12D,13D,14D,15D,16D,17D,18D,19D,20D,21D,22D,23D,24D,25D,26D,27D,28D,29D,30D. The molecule has 0 bridgehead atoms. The molecule has 0 aliphatic rings. The first kappa shape index (κ1) is 11.7. The Morgan fingerprint density at radius 1 is 0.314 bits per heavy atom. The maximum atomic E-state index is 10.1. The van der Waals surface area contributed by atoms with E-state index in [0.29, 0.717) is 0 Å². The molecule has 11 aromatic rings. The van der Waals surface area contributed by atoms with Crippen molar-refractivity contribution in [3.05, 3.63) is 181 Å². The highest BCUT2D eigenvalue weighted by Gasteiger charge is 2.20. The van der Waals surface area contributed by atoms with Crippen molar-refractivity contribution in [3.8, 4) is 33.4 Å². The van der Waals surface area contributed by atoms with Crippen LogP contribution in [0.3, 0.4) is 0 Å². The Labute approximate surface area is 336 Å². The quantitative estimate of drug-likeness (QED) is 0.170. The molecule has 51 heavy (non-hydrogen) atoms. The molecule has 0 aliphatic carbocycles. The topological polar surface area (TPSA) is 13.1 Å². The van der Waals surface area contributed by atoms with Gasteiger partial charge in [0.25, 0.3) is 0 Å². The normalized spacial score (nSPS) is 20.2. The van der Waals surface area contributed by atoms with Crippen LogP contribution >= 0.6 is 0 Å². The van der Waals surface area contributed by atoms with Crippen LogP contribution in [0.15, 0.2) is 186 Å². The molecule has 0 amide bonds. The first-order valence-electron chi connectivity index (χ1n) is 30.2. The second kappa shape index (κ2) is 10.9. The maximum absolute atomic E-state index is 10.1. The molecule has 0 atom stereocenters. The molecule has 236 valence electrons. The Balaban J connectivity index is 1.45. The molecule has 11 rings (SSSR count). The number of hydrogen-bond donors (Lipinski definition) is 0. The largest absolute Gasteiger partial charge is 0.456 e. The van der Waals surface area contributed by atoms with Crippen LogP contribution in [0, 0.1) is 0 Å². The van der Waals surface area contributed by atoms with Crippen LogP contribution < -0.4 is 0 Å². The second-order valence-corrected chi connectivity index (χ2v) is 11.3. The van der Waals surface area contributed by atoms with Gasteiger partial charge in [-0.1, -0.05) is 157 Å². The molecule has 1 nitrogen and oxygen atoms in total. The minimum Gasteiger partial charge on any atom is -0.456 e. The van der Waals surface area contributed by atoms with Crippen LogP contribution in [0.1, 0.15) is 41.1 Å². The van der Waals surface area contributed by atoms with Gasteiger partial charge in [0.2, 0.25) is 0 Å². The first-order valence-corrected chi connectivity index (χ1v) is 15.2. The molecular weight excluding hydrogens is 617 g/mol. The molecule has 1 aromatic heterocycles. The van der Waals surface area contributed by atoms with E-state index in [4.69, 9.17) is 27.7 Å². The van der Waals surface area contributed by atoms with E-state index in [1.54, 1.807) is 0 Å². The van der Waals surface area contributed by atoms with Crippen molar-refractivity contribution in [2.45, 2.75) is 0 Å². The Morgan fingerprint density at radius 3 is 1.53 bits per heavy atom. The molecule has 0 unspecified atom stereocenters. The zero-order chi connectivity index (χ0) is 59.6. The molecule has 0 fully saturated rings. The van der Waals surface area contributed by atoms with Gasteiger partial charge in [0.1, 0.15) is 11.2 Å². The summed E-state index contributed by atoms with van der Waals surface area (Å²) >= 11 is 0. The summed E-state index contributed by atoms with van der Waals surface area (Å²) in [6.07, 6.45) is 0. The summed E-state index contributed by atoms with van der Waals surface area (Å²) in [5.41, 5.74) is -6.05. The van der Waals surface area contributed by atoms with Gasteiger partial charge in [-0.25, -0.2) is 0 Å². The lowest BCUT2D eigenvalue weighted by Crippen LogP contribution is -1.92. The van der Waals surface area contributed by atoms with Crippen LogP contribution in [-0.2, 0) is 0 Å². The minimum absolute atomic E-state index is 0.491. The zero-order valence-electron chi connectivity index (χ0n) is 55.4. The summed E-state index contributed by atoms with van der Waals surface area (Å²) in [4.78, 5) is 0. The fourth-order valence-corrected chi connectivity index (χ4v) is 6.45. The average molecular weight is 677 g/mol. The van der Waals surface area contributed by atoms with Gasteiger partial charge in [0.05, 0.1) is 41.1 Å².